The third-order valence-electron chi connectivity index (χ3n) is 6.62. The average molecular weight is 480 g/mol. The summed E-state index contributed by atoms with van der Waals surface area (Å²) in [5.74, 6) is -0.146. The third kappa shape index (κ3) is 6.41. The van der Waals surface area contributed by atoms with Crippen molar-refractivity contribution in [1.82, 2.24) is 10.2 Å². The fourth-order valence-corrected chi connectivity index (χ4v) is 4.89. The number of anilines is 1. The summed E-state index contributed by atoms with van der Waals surface area (Å²) in [6, 6.07) is 11.2. The number of aryl methyl sites for hydroxylation is 3. The Hall–Kier alpha value is -3.35. The van der Waals surface area contributed by atoms with Gasteiger partial charge in [-0.05, 0) is 62.4 Å². The smallest absolute Gasteiger partial charge is 0.243 e. The van der Waals surface area contributed by atoms with Crippen LogP contribution in [0.1, 0.15) is 60.9 Å². The number of rotatable bonds is 9. The van der Waals surface area contributed by atoms with Gasteiger partial charge < -0.3 is 20.3 Å². The molecule has 2 atom stereocenters. The van der Waals surface area contributed by atoms with Gasteiger partial charge >= 0.3 is 0 Å². The maximum absolute atomic E-state index is 13.3. The number of piperidine rings is 1. The standard InChI is InChI=1S/C28H37N3O4/c1-6-7-14-31-25(33)13-12-23(27(31)21-8-10-22(35-5)11-9-21)28(34)29-17-24(32)30-26-19(3)15-18(2)16-20(26)4/h8-11,15-16,23,27H,6-7,12-14,17H2,1-5H3,(H,29,34)(H,30,32). The quantitative estimate of drug-likeness (QED) is 0.556. The zero-order valence-corrected chi connectivity index (χ0v) is 21.4. The Morgan fingerprint density at radius 3 is 2.34 bits per heavy atom. The number of likely N-dealkylation sites (tertiary alicyclic amines) is 1. The van der Waals surface area contributed by atoms with Crippen molar-refractivity contribution in [2.45, 2.75) is 59.4 Å². The number of amides is 3. The molecule has 2 unspecified atom stereocenters. The number of ether oxygens (including phenoxy) is 1. The molecule has 2 aromatic carbocycles. The zero-order valence-electron chi connectivity index (χ0n) is 21.4. The van der Waals surface area contributed by atoms with Gasteiger partial charge in [0.25, 0.3) is 0 Å². The van der Waals surface area contributed by atoms with E-state index in [0.29, 0.717) is 19.4 Å². The third-order valence-corrected chi connectivity index (χ3v) is 6.62. The van der Waals surface area contributed by atoms with E-state index >= 15 is 0 Å². The van der Waals surface area contributed by atoms with Crippen LogP contribution in [0.3, 0.4) is 0 Å². The van der Waals surface area contributed by atoms with E-state index in [-0.39, 0.29) is 30.3 Å². The molecule has 0 saturated carbocycles. The van der Waals surface area contributed by atoms with Crippen molar-refractivity contribution in [2.24, 2.45) is 5.92 Å². The molecule has 0 radical (unpaired) electrons. The average Bonchev–Trinajstić information content (AvgIpc) is 2.83. The molecule has 7 heteroatoms. The van der Waals surface area contributed by atoms with E-state index in [0.717, 1.165) is 46.5 Å². The van der Waals surface area contributed by atoms with E-state index < -0.39 is 5.92 Å². The minimum absolute atomic E-state index is 0.0615. The number of carbonyl (C=O) groups excluding carboxylic acids is 3. The normalized spacial score (nSPS) is 17.7. The number of benzene rings is 2. The van der Waals surface area contributed by atoms with Gasteiger partial charge in [-0.1, -0.05) is 43.2 Å². The van der Waals surface area contributed by atoms with Crippen molar-refractivity contribution in [3.8, 4) is 5.75 Å². The molecule has 1 heterocycles. The molecule has 0 aliphatic carbocycles. The highest BCUT2D eigenvalue weighted by molar-refractivity contribution is 5.96. The zero-order chi connectivity index (χ0) is 25.5. The molecule has 2 aromatic rings. The Labute approximate surface area is 208 Å². The van der Waals surface area contributed by atoms with Crippen molar-refractivity contribution in [3.05, 3.63) is 58.7 Å². The minimum Gasteiger partial charge on any atom is -0.497 e. The topological polar surface area (TPSA) is 87.7 Å². The van der Waals surface area contributed by atoms with Crippen LogP contribution in [0.5, 0.6) is 5.75 Å². The summed E-state index contributed by atoms with van der Waals surface area (Å²) in [4.78, 5) is 40.6. The summed E-state index contributed by atoms with van der Waals surface area (Å²) in [5.41, 5.74) is 4.78. The summed E-state index contributed by atoms with van der Waals surface area (Å²) in [6.45, 7) is 8.48. The Kier molecular flexibility index (Phi) is 8.90. The Morgan fingerprint density at radius 2 is 1.74 bits per heavy atom. The molecule has 35 heavy (non-hydrogen) atoms. The molecule has 3 rings (SSSR count). The van der Waals surface area contributed by atoms with Crippen LogP contribution < -0.4 is 15.4 Å². The second-order valence-corrected chi connectivity index (χ2v) is 9.34. The number of unbranched alkanes of at least 4 members (excludes halogenated alkanes) is 1. The highest BCUT2D eigenvalue weighted by Gasteiger charge is 2.40. The Balaban J connectivity index is 1.75. The van der Waals surface area contributed by atoms with Gasteiger partial charge in [0, 0.05) is 18.7 Å². The first-order valence-corrected chi connectivity index (χ1v) is 12.3. The molecule has 1 aliphatic rings. The number of carbonyl (C=O) groups is 3. The molecule has 188 valence electrons. The first-order valence-electron chi connectivity index (χ1n) is 12.3. The highest BCUT2D eigenvalue weighted by atomic mass is 16.5. The van der Waals surface area contributed by atoms with Crippen LogP contribution in [0.25, 0.3) is 0 Å². The van der Waals surface area contributed by atoms with Gasteiger partial charge in [-0.3, -0.25) is 14.4 Å². The first kappa shape index (κ1) is 26.3. The molecule has 3 amide bonds. The Morgan fingerprint density at radius 1 is 1.09 bits per heavy atom. The van der Waals surface area contributed by atoms with Gasteiger partial charge in [-0.25, -0.2) is 0 Å². The van der Waals surface area contributed by atoms with Crippen LogP contribution in [-0.4, -0.2) is 42.8 Å². The molecule has 1 saturated heterocycles. The number of nitrogens with one attached hydrogen (secondary N) is 2. The number of hydrogen-bond acceptors (Lipinski definition) is 4. The van der Waals surface area contributed by atoms with Crippen LogP contribution in [-0.2, 0) is 14.4 Å². The van der Waals surface area contributed by atoms with E-state index in [9.17, 15) is 14.4 Å². The number of hydrogen-bond donors (Lipinski definition) is 2. The largest absolute Gasteiger partial charge is 0.497 e. The SMILES string of the molecule is CCCCN1C(=O)CCC(C(=O)NCC(=O)Nc2c(C)cc(C)cc2C)C1c1ccc(OC)cc1. The van der Waals surface area contributed by atoms with Crippen molar-refractivity contribution in [3.63, 3.8) is 0 Å². The van der Waals surface area contributed by atoms with Gasteiger partial charge in [0.2, 0.25) is 17.7 Å². The van der Waals surface area contributed by atoms with Gasteiger partial charge in [-0.2, -0.15) is 0 Å². The Bertz CT molecular complexity index is 1040. The van der Waals surface area contributed by atoms with E-state index in [2.05, 4.69) is 17.6 Å². The second kappa shape index (κ2) is 11.9. The summed E-state index contributed by atoms with van der Waals surface area (Å²) in [6.07, 6.45) is 2.59. The first-order chi connectivity index (χ1) is 16.7. The lowest BCUT2D eigenvalue weighted by Crippen LogP contribution is -2.49. The molecule has 7 nitrogen and oxygen atoms in total. The van der Waals surface area contributed by atoms with Crippen molar-refractivity contribution < 1.29 is 19.1 Å². The highest BCUT2D eigenvalue weighted by Crippen LogP contribution is 2.37. The molecule has 0 aromatic heterocycles. The lowest BCUT2D eigenvalue weighted by atomic mass is 9.83. The molecule has 1 aliphatic heterocycles. The maximum Gasteiger partial charge on any atom is 0.243 e. The summed E-state index contributed by atoms with van der Waals surface area (Å²) in [5, 5.41) is 5.75. The molecule has 2 N–H and O–H groups in total. The van der Waals surface area contributed by atoms with Gasteiger partial charge in [0.1, 0.15) is 5.75 Å². The van der Waals surface area contributed by atoms with Crippen LogP contribution >= 0.6 is 0 Å². The molecular formula is C28H37N3O4. The fourth-order valence-electron chi connectivity index (χ4n) is 4.89. The van der Waals surface area contributed by atoms with Crippen LogP contribution in [0.4, 0.5) is 5.69 Å². The van der Waals surface area contributed by atoms with Crippen molar-refractivity contribution >= 4 is 23.4 Å². The molecular weight excluding hydrogens is 442 g/mol. The van der Waals surface area contributed by atoms with Crippen LogP contribution in [0.15, 0.2) is 36.4 Å². The van der Waals surface area contributed by atoms with E-state index in [1.54, 1.807) is 7.11 Å². The van der Waals surface area contributed by atoms with Gasteiger partial charge in [0.15, 0.2) is 0 Å². The number of nitrogens with zero attached hydrogens (tertiary/aromatic N) is 1. The van der Waals surface area contributed by atoms with E-state index in [4.69, 9.17) is 4.74 Å². The van der Waals surface area contributed by atoms with E-state index in [1.807, 2.05) is 62.1 Å². The van der Waals surface area contributed by atoms with Crippen LogP contribution in [0, 0.1) is 26.7 Å². The summed E-state index contributed by atoms with van der Waals surface area (Å²) < 4.78 is 5.28. The van der Waals surface area contributed by atoms with Crippen LogP contribution in [0.2, 0.25) is 0 Å². The minimum atomic E-state index is -0.436. The predicted molar refractivity (Wildman–Crippen MR) is 137 cm³/mol. The van der Waals surface area contributed by atoms with Crippen molar-refractivity contribution in [1.29, 1.82) is 0 Å². The molecule has 1 fully saturated rings. The number of methoxy groups -OCH3 is 1. The van der Waals surface area contributed by atoms with E-state index in [1.165, 1.54) is 0 Å². The van der Waals surface area contributed by atoms with Gasteiger partial charge in [-0.15, -0.1) is 0 Å². The predicted octanol–water partition coefficient (Wildman–Crippen LogP) is 4.46. The lowest BCUT2D eigenvalue weighted by Gasteiger charge is -2.41. The van der Waals surface area contributed by atoms with Gasteiger partial charge in [0.05, 0.1) is 25.6 Å². The lowest BCUT2D eigenvalue weighted by molar-refractivity contribution is -0.144. The molecule has 0 spiro atoms. The summed E-state index contributed by atoms with van der Waals surface area (Å²) >= 11 is 0. The monoisotopic (exact) mass is 479 g/mol. The fraction of sp³-hybridized carbons (Fsp3) is 0.464. The van der Waals surface area contributed by atoms with Crippen molar-refractivity contribution in [2.75, 3.05) is 25.5 Å². The second-order valence-electron chi connectivity index (χ2n) is 9.34. The summed E-state index contributed by atoms with van der Waals surface area (Å²) in [7, 11) is 1.60. The molecule has 0 bridgehead atoms. The maximum atomic E-state index is 13.3.